The van der Waals surface area contributed by atoms with Gasteiger partial charge in [0.1, 0.15) is 17.2 Å². The van der Waals surface area contributed by atoms with Gasteiger partial charge in [0.25, 0.3) is 5.91 Å². The Morgan fingerprint density at radius 3 is 2.42 bits per heavy atom. The van der Waals surface area contributed by atoms with Gasteiger partial charge in [-0.25, -0.2) is 0 Å². The number of rotatable bonds is 8. The second-order valence-electron chi connectivity index (χ2n) is 6.14. The Bertz CT molecular complexity index is 745. The van der Waals surface area contributed by atoms with Crippen molar-refractivity contribution >= 4 is 5.91 Å². The lowest BCUT2D eigenvalue weighted by Gasteiger charge is -2.22. The minimum Gasteiger partial charge on any atom is -0.497 e. The fourth-order valence-electron chi connectivity index (χ4n) is 2.76. The highest BCUT2D eigenvalue weighted by atomic mass is 16.5. The van der Waals surface area contributed by atoms with Gasteiger partial charge in [-0.3, -0.25) is 4.79 Å². The molecule has 5 heteroatoms. The van der Waals surface area contributed by atoms with Gasteiger partial charge in [0.2, 0.25) is 0 Å². The zero-order valence-electron chi connectivity index (χ0n) is 16.0. The van der Waals surface area contributed by atoms with E-state index in [1.165, 1.54) is 0 Å². The van der Waals surface area contributed by atoms with Gasteiger partial charge in [0.05, 0.1) is 20.3 Å². The van der Waals surface area contributed by atoms with E-state index in [0.29, 0.717) is 11.5 Å². The number of amides is 1. The van der Waals surface area contributed by atoms with E-state index in [1.54, 1.807) is 33.3 Å². The normalized spacial score (nSPS) is 12.8. The number of carbonyl (C=O) groups is 1. The molecule has 0 unspecified atom stereocenters. The number of methoxy groups -OCH3 is 2. The lowest BCUT2D eigenvalue weighted by molar-refractivity contribution is -0.128. The van der Waals surface area contributed by atoms with Crippen molar-refractivity contribution in [2.75, 3.05) is 14.2 Å². The quantitative estimate of drug-likeness (QED) is 0.774. The summed E-state index contributed by atoms with van der Waals surface area (Å²) in [7, 11) is 3.25. The number of hydrogen-bond donors (Lipinski definition) is 1. The van der Waals surface area contributed by atoms with Gasteiger partial charge in [-0.05, 0) is 49.6 Å². The molecule has 0 radical (unpaired) electrons. The first-order chi connectivity index (χ1) is 12.5. The molecule has 0 spiro atoms. The Hall–Kier alpha value is -2.69. The predicted molar refractivity (Wildman–Crippen MR) is 102 cm³/mol. The molecular formula is C21H27NO4. The average molecular weight is 357 g/mol. The fourth-order valence-corrected chi connectivity index (χ4v) is 2.76. The van der Waals surface area contributed by atoms with Crippen molar-refractivity contribution in [1.82, 2.24) is 5.32 Å². The van der Waals surface area contributed by atoms with E-state index in [4.69, 9.17) is 14.2 Å². The molecule has 0 aromatic heterocycles. The van der Waals surface area contributed by atoms with Crippen LogP contribution in [0.2, 0.25) is 0 Å². The van der Waals surface area contributed by atoms with Crippen LogP contribution in [0.4, 0.5) is 0 Å². The van der Waals surface area contributed by atoms with Crippen LogP contribution in [0.15, 0.2) is 42.5 Å². The summed E-state index contributed by atoms with van der Waals surface area (Å²) >= 11 is 0. The van der Waals surface area contributed by atoms with Crippen molar-refractivity contribution in [3.05, 3.63) is 53.6 Å². The lowest BCUT2D eigenvalue weighted by Crippen LogP contribution is -2.38. The van der Waals surface area contributed by atoms with Gasteiger partial charge < -0.3 is 19.5 Å². The maximum atomic E-state index is 12.6. The summed E-state index contributed by atoms with van der Waals surface area (Å²) in [6.07, 6.45) is 0.166. The summed E-state index contributed by atoms with van der Waals surface area (Å²) in [6.45, 7) is 5.77. The number of aryl methyl sites for hydroxylation is 1. The Kier molecular flexibility index (Phi) is 6.89. The SMILES string of the molecule is CC[C@H](NC(=O)[C@@H](C)Oc1cccc(OC)c1)c1ccc(OC)c(C)c1. The first-order valence-electron chi connectivity index (χ1n) is 8.74. The molecule has 2 rings (SSSR count). The monoisotopic (exact) mass is 357 g/mol. The van der Waals surface area contributed by atoms with Crippen molar-refractivity contribution in [1.29, 1.82) is 0 Å². The van der Waals surface area contributed by atoms with E-state index in [0.717, 1.165) is 23.3 Å². The van der Waals surface area contributed by atoms with Gasteiger partial charge in [-0.15, -0.1) is 0 Å². The third kappa shape index (κ3) is 4.91. The van der Waals surface area contributed by atoms with E-state index < -0.39 is 6.10 Å². The van der Waals surface area contributed by atoms with Crippen LogP contribution in [0, 0.1) is 6.92 Å². The maximum absolute atomic E-state index is 12.6. The van der Waals surface area contributed by atoms with Crippen LogP contribution < -0.4 is 19.5 Å². The largest absolute Gasteiger partial charge is 0.497 e. The summed E-state index contributed by atoms with van der Waals surface area (Å²) in [5.41, 5.74) is 2.09. The van der Waals surface area contributed by atoms with Gasteiger partial charge in [0, 0.05) is 6.07 Å². The van der Waals surface area contributed by atoms with Crippen molar-refractivity contribution in [2.45, 2.75) is 39.3 Å². The van der Waals surface area contributed by atoms with Crippen LogP contribution in [0.3, 0.4) is 0 Å². The van der Waals surface area contributed by atoms with Crippen molar-refractivity contribution in [2.24, 2.45) is 0 Å². The molecule has 1 amide bonds. The highest BCUT2D eigenvalue weighted by molar-refractivity contribution is 5.81. The van der Waals surface area contributed by atoms with Crippen LogP contribution in [-0.4, -0.2) is 26.2 Å². The van der Waals surface area contributed by atoms with E-state index in [-0.39, 0.29) is 11.9 Å². The molecule has 2 aromatic rings. The van der Waals surface area contributed by atoms with Gasteiger partial charge in [0.15, 0.2) is 6.10 Å². The molecule has 2 aromatic carbocycles. The van der Waals surface area contributed by atoms with E-state index in [2.05, 4.69) is 5.32 Å². The highest BCUT2D eigenvalue weighted by Gasteiger charge is 2.20. The second kappa shape index (κ2) is 9.13. The van der Waals surface area contributed by atoms with E-state index in [1.807, 2.05) is 44.2 Å². The Labute approximate surface area is 155 Å². The molecule has 0 heterocycles. The van der Waals surface area contributed by atoms with Crippen molar-refractivity contribution in [3.8, 4) is 17.2 Å². The van der Waals surface area contributed by atoms with E-state index >= 15 is 0 Å². The van der Waals surface area contributed by atoms with E-state index in [9.17, 15) is 4.79 Å². The smallest absolute Gasteiger partial charge is 0.261 e. The predicted octanol–water partition coefficient (Wildman–Crippen LogP) is 4.05. The number of benzene rings is 2. The molecule has 0 saturated heterocycles. The molecule has 0 aliphatic carbocycles. The molecule has 0 aliphatic heterocycles. The summed E-state index contributed by atoms with van der Waals surface area (Å²) in [5.74, 6) is 1.97. The van der Waals surface area contributed by atoms with Gasteiger partial charge in [-0.1, -0.05) is 25.1 Å². The molecule has 5 nitrogen and oxygen atoms in total. The Balaban J connectivity index is 2.04. The molecular weight excluding hydrogens is 330 g/mol. The molecule has 0 bridgehead atoms. The molecule has 1 N–H and O–H groups in total. The van der Waals surface area contributed by atoms with Crippen LogP contribution in [0.1, 0.15) is 37.4 Å². The number of ether oxygens (including phenoxy) is 3. The zero-order valence-corrected chi connectivity index (χ0v) is 16.0. The third-order valence-corrected chi connectivity index (χ3v) is 4.27. The average Bonchev–Trinajstić information content (AvgIpc) is 2.65. The van der Waals surface area contributed by atoms with Crippen molar-refractivity contribution < 1.29 is 19.0 Å². The topological polar surface area (TPSA) is 56.8 Å². The number of hydrogen-bond acceptors (Lipinski definition) is 4. The second-order valence-corrected chi connectivity index (χ2v) is 6.14. The molecule has 26 heavy (non-hydrogen) atoms. The number of nitrogens with one attached hydrogen (secondary N) is 1. The lowest BCUT2D eigenvalue weighted by atomic mass is 10.0. The standard InChI is InChI=1S/C21H27NO4/c1-6-19(16-10-11-20(25-5)14(2)12-16)22-21(23)15(3)26-18-9-7-8-17(13-18)24-4/h7-13,15,19H,6H2,1-5H3,(H,22,23)/t15-,19+/m1/s1. The molecule has 0 saturated carbocycles. The van der Waals surface area contributed by atoms with Crippen LogP contribution in [-0.2, 0) is 4.79 Å². The fraction of sp³-hybridized carbons (Fsp3) is 0.381. The molecule has 140 valence electrons. The summed E-state index contributed by atoms with van der Waals surface area (Å²) in [4.78, 5) is 12.6. The minimum atomic E-state index is -0.615. The summed E-state index contributed by atoms with van der Waals surface area (Å²) in [6, 6.07) is 13.1. The van der Waals surface area contributed by atoms with Gasteiger partial charge >= 0.3 is 0 Å². The van der Waals surface area contributed by atoms with Gasteiger partial charge in [-0.2, -0.15) is 0 Å². The highest BCUT2D eigenvalue weighted by Crippen LogP contribution is 2.25. The summed E-state index contributed by atoms with van der Waals surface area (Å²) in [5, 5.41) is 3.06. The molecule has 0 fully saturated rings. The van der Waals surface area contributed by atoms with Crippen LogP contribution in [0.5, 0.6) is 17.2 Å². The first-order valence-corrected chi connectivity index (χ1v) is 8.74. The Morgan fingerprint density at radius 2 is 1.81 bits per heavy atom. The first kappa shape index (κ1) is 19.6. The molecule has 2 atom stereocenters. The third-order valence-electron chi connectivity index (χ3n) is 4.27. The van der Waals surface area contributed by atoms with Crippen LogP contribution >= 0.6 is 0 Å². The summed E-state index contributed by atoms with van der Waals surface area (Å²) < 4.78 is 16.2. The Morgan fingerprint density at radius 1 is 1.08 bits per heavy atom. The van der Waals surface area contributed by atoms with Crippen LogP contribution in [0.25, 0.3) is 0 Å². The zero-order chi connectivity index (χ0) is 19.1. The minimum absolute atomic E-state index is 0.0801. The maximum Gasteiger partial charge on any atom is 0.261 e. The number of carbonyl (C=O) groups excluding carboxylic acids is 1. The van der Waals surface area contributed by atoms with Crippen molar-refractivity contribution in [3.63, 3.8) is 0 Å². The molecule has 0 aliphatic rings.